The van der Waals surface area contributed by atoms with Crippen LogP contribution in [-0.4, -0.2) is 105 Å². The van der Waals surface area contributed by atoms with Gasteiger partial charge in [-0.05, 0) is 63.0 Å². The van der Waals surface area contributed by atoms with Gasteiger partial charge in [-0.2, -0.15) is 5.10 Å². The molecule has 1 aromatic rings. The molecule has 3 heterocycles. The molecule has 4 aliphatic rings. The van der Waals surface area contributed by atoms with Gasteiger partial charge >= 0.3 is 0 Å². The average Bonchev–Trinajstić information content (AvgIpc) is 3.45. The van der Waals surface area contributed by atoms with E-state index in [1.165, 1.54) is 0 Å². The third-order valence-corrected chi connectivity index (χ3v) is 9.06. The predicted octanol–water partition coefficient (Wildman–Crippen LogP) is 0.881. The van der Waals surface area contributed by atoms with Crippen molar-refractivity contribution in [1.82, 2.24) is 15.2 Å². The van der Waals surface area contributed by atoms with Crippen LogP contribution in [-0.2, 0) is 9.53 Å². The molecule has 0 bridgehead atoms. The van der Waals surface area contributed by atoms with Crippen molar-refractivity contribution in [2.75, 3.05) is 64.4 Å². The van der Waals surface area contributed by atoms with Crippen LogP contribution in [0.4, 0.5) is 5.69 Å². The number of amides is 2. The zero-order chi connectivity index (χ0) is 29.8. The van der Waals surface area contributed by atoms with Gasteiger partial charge in [0.15, 0.2) is 0 Å². The number of hydrogen-bond donors (Lipinski definition) is 2. The lowest BCUT2D eigenvalue weighted by molar-refractivity contribution is -0.120. The van der Waals surface area contributed by atoms with Crippen LogP contribution in [0, 0.1) is 5.92 Å². The Morgan fingerprint density at radius 2 is 1.90 bits per heavy atom. The quantitative estimate of drug-likeness (QED) is 0.473. The van der Waals surface area contributed by atoms with Crippen LogP contribution in [0.25, 0.3) is 12.2 Å². The van der Waals surface area contributed by atoms with Crippen LogP contribution in [0.5, 0.6) is 0 Å². The molecule has 2 fully saturated rings. The first-order valence-electron chi connectivity index (χ1n) is 15.2. The molecule has 10 heteroatoms. The summed E-state index contributed by atoms with van der Waals surface area (Å²) >= 11 is 0. The average molecular weight is 576 g/mol. The summed E-state index contributed by atoms with van der Waals surface area (Å²) in [6.07, 6.45) is 7.80. The van der Waals surface area contributed by atoms with Gasteiger partial charge in [0.2, 0.25) is 0 Å². The number of carbonyl (C=O) groups is 2. The molecule has 10 nitrogen and oxygen atoms in total. The van der Waals surface area contributed by atoms with Crippen LogP contribution < -0.4 is 26.4 Å². The number of nitrogens with zero attached hydrogens (tertiary/aromatic N) is 5. The number of carbonyl (C=O) groups excluding carboxylic acids is 2. The third kappa shape index (κ3) is 6.99. The SMILES string of the molecule is C=c1c(C(=O)NCC2C(=O)N=C(C)C=C2C)c/c(=C2\C=NN(CCN3CCOCC3)C2)cc1N(C)C1CCC(N)CC1. The molecule has 3 aliphatic heterocycles. The second-order valence-electron chi connectivity index (χ2n) is 12.1. The topological polar surface area (TPSA) is 116 Å². The molecule has 2 amide bonds. The summed E-state index contributed by atoms with van der Waals surface area (Å²) in [5.74, 6) is -0.921. The summed E-state index contributed by atoms with van der Waals surface area (Å²) in [7, 11) is 2.09. The van der Waals surface area contributed by atoms with Gasteiger partial charge in [-0.3, -0.25) is 19.5 Å². The third-order valence-electron chi connectivity index (χ3n) is 9.06. The molecule has 3 N–H and O–H groups in total. The second kappa shape index (κ2) is 13.3. The molecule has 1 aromatic carbocycles. The molecule has 1 atom stereocenters. The van der Waals surface area contributed by atoms with E-state index in [0.717, 1.165) is 87.1 Å². The fraction of sp³-hybridized carbons (Fsp3) is 0.562. The molecule has 1 unspecified atom stereocenters. The molecule has 42 heavy (non-hydrogen) atoms. The summed E-state index contributed by atoms with van der Waals surface area (Å²) in [6.45, 7) is 14.2. The lowest BCUT2D eigenvalue weighted by atomic mass is 9.90. The highest BCUT2D eigenvalue weighted by Crippen LogP contribution is 2.24. The van der Waals surface area contributed by atoms with Crippen molar-refractivity contribution in [1.29, 1.82) is 0 Å². The van der Waals surface area contributed by atoms with Gasteiger partial charge in [-0.1, -0.05) is 12.2 Å². The van der Waals surface area contributed by atoms with Crippen molar-refractivity contribution in [2.24, 2.45) is 21.7 Å². The number of dihydropyridines is 1. The number of hydrazone groups is 1. The second-order valence-corrected chi connectivity index (χ2v) is 12.1. The molecule has 0 aromatic heterocycles. The number of nitrogens with one attached hydrogen (secondary N) is 1. The van der Waals surface area contributed by atoms with Crippen molar-refractivity contribution < 1.29 is 14.3 Å². The molecule has 1 aliphatic carbocycles. The number of aliphatic imine (C=N–C) groups is 1. The molecular formula is C32H45N7O3. The first kappa shape index (κ1) is 30.1. The lowest BCUT2D eigenvalue weighted by Crippen LogP contribution is -2.43. The molecule has 1 saturated heterocycles. The lowest BCUT2D eigenvalue weighted by Gasteiger charge is -2.35. The van der Waals surface area contributed by atoms with E-state index in [0.29, 0.717) is 29.1 Å². The summed E-state index contributed by atoms with van der Waals surface area (Å²) in [5, 5.41) is 11.4. The first-order chi connectivity index (χ1) is 20.2. The van der Waals surface area contributed by atoms with E-state index in [4.69, 9.17) is 10.5 Å². The number of morpholine rings is 1. The Morgan fingerprint density at radius 3 is 2.62 bits per heavy atom. The van der Waals surface area contributed by atoms with E-state index in [9.17, 15) is 9.59 Å². The zero-order valence-electron chi connectivity index (χ0n) is 25.3. The number of benzene rings is 1. The van der Waals surface area contributed by atoms with E-state index < -0.39 is 5.92 Å². The van der Waals surface area contributed by atoms with Crippen LogP contribution in [0.1, 0.15) is 49.9 Å². The highest BCUT2D eigenvalue weighted by molar-refractivity contribution is 6.06. The maximum Gasteiger partial charge on any atom is 0.254 e. The molecular weight excluding hydrogens is 530 g/mol. The number of nitrogens with two attached hydrogens (primary N) is 1. The number of rotatable bonds is 8. The minimum absolute atomic E-state index is 0.194. The fourth-order valence-electron chi connectivity index (χ4n) is 6.31. The number of anilines is 1. The Kier molecular flexibility index (Phi) is 9.55. The van der Waals surface area contributed by atoms with Crippen LogP contribution >= 0.6 is 0 Å². The van der Waals surface area contributed by atoms with Crippen molar-refractivity contribution in [2.45, 2.75) is 51.6 Å². The molecule has 0 radical (unpaired) electrons. The zero-order valence-corrected chi connectivity index (χ0v) is 25.3. The minimum atomic E-state index is -0.459. The Morgan fingerprint density at radius 1 is 1.17 bits per heavy atom. The van der Waals surface area contributed by atoms with E-state index in [2.05, 4.69) is 49.9 Å². The first-order valence-corrected chi connectivity index (χ1v) is 15.2. The maximum absolute atomic E-state index is 13.7. The highest BCUT2D eigenvalue weighted by Gasteiger charge is 2.26. The van der Waals surface area contributed by atoms with Gasteiger partial charge in [-0.15, -0.1) is 0 Å². The monoisotopic (exact) mass is 575 g/mol. The van der Waals surface area contributed by atoms with E-state index in [1.54, 1.807) is 0 Å². The van der Waals surface area contributed by atoms with E-state index in [-0.39, 0.29) is 24.4 Å². The summed E-state index contributed by atoms with van der Waals surface area (Å²) in [6, 6.07) is 4.66. The summed E-state index contributed by atoms with van der Waals surface area (Å²) in [5.41, 5.74) is 10.3. The number of allylic oxidation sites excluding steroid dienone is 1. The summed E-state index contributed by atoms with van der Waals surface area (Å²) < 4.78 is 5.47. The standard InChI is InChI=1S/C32H45N7O3/c1-21-15-22(2)36-32(41)29(21)19-34-31(40)28-16-24(17-30(23(28)3)37(4)27-7-5-26(33)6-8-27)25-18-35-39(20-25)10-9-38-11-13-42-14-12-38/h15-18,26-27,29H,3,5-14,19-20,33H2,1-2,4H3,(H,34,40)/b25-24-. The Bertz CT molecular complexity index is 1390. The maximum atomic E-state index is 13.7. The van der Waals surface area contributed by atoms with Gasteiger partial charge < -0.3 is 20.7 Å². The molecule has 226 valence electrons. The molecule has 0 spiro atoms. The summed E-state index contributed by atoms with van der Waals surface area (Å²) in [4.78, 5) is 35.0. The van der Waals surface area contributed by atoms with Crippen molar-refractivity contribution >= 4 is 41.6 Å². The fourth-order valence-corrected chi connectivity index (χ4v) is 6.31. The molecule has 1 saturated carbocycles. The van der Waals surface area contributed by atoms with Gasteiger partial charge in [0.05, 0.1) is 31.9 Å². The Labute approximate surface area is 248 Å². The van der Waals surface area contributed by atoms with E-state index >= 15 is 0 Å². The largest absolute Gasteiger partial charge is 0.379 e. The Balaban J connectivity index is 1.39. The van der Waals surface area contributed by atoms with Crippen LogP contribution in [0.3, 0.4) is 0 Å². The van der Waals surface area contributed by atoms with Crippen LogP contribution in [0.2, 0.25) is 0 Å². The van der Waals surface area contributed by atoms with Gasteiger partial charge in [0.25, 0.3) is 11.8 Å². The van der Waals surface area contributed by atoms with E-state index in [1.807, 2.05) is 32.2 Å². The molecule has 5 rings (SSSR count). The van der Waals surface area contributed by atoms with Crippen molar-refractivity contribution in [3.05, 3.63) is 39.8 Å². The normalized spacial score (nSPS) is 26.2. The minimum Gasteiger partial charge on any atom is -0.379 e. The number of ether oxygens (including phenoxy) is 1. The van der Waals surface area contributed by atoms with Crippen LogP contribution in [0.15, 0.2) is 33.9 Å². The van der Waals surface area contributed by atoms with Gasteiger partial charge in [0, 0.05) is 79.6 Å². The number of hydrogen-bond acceptors (Lipinski definition) is 8. The predicted molar refractivity (Wildman–Crippen MR) is 168 cm³/mol. The van der Waals surface area contributed by atoms with Crippen molar-refractivity contribution in [3.8, 4) is 0 Å². The smallest absolute Gasteiger partial charge is 0.254 e. The Hall–Kier alpha value is -3.34. The van der Waals surface area contributed by atoms with Crippen molar-refractivity contribution in [3.63, 3.8) is 0 Å². The highest BCUT2D eigenvalue weighted by atomic mass is 16.5. The van der Waals surface area contributed by atoms with Gasteiger partial charge in [-0.25, -0.2) is 4.99 Å². The van der Waals surface area contributed by atoms with Gasteiger partial charge in [0.1, 0.15) is 0 Å².